The first kappa shape index (κ1) is 13.3. The van der Waals surface area contributed by atoms with Crippen molar-refractivity contribution >= 4 is 11.6 Å². The second-order valence-corrected chi connectivity index (χ2v) is 3.91. The monoisotopic (exact) mass is 253 g/mol. The number of nitrogens with two attached hydrogens (primary N) is 1. The molecule has 0 saturated heterocycles. The van der Waals surface area contributed by atoms with Crippen LogP contribution in [0.4, 0.5) is 13.2 Å². The van der Waals surface area contributed by atoms with E-state index in [9.17, 15) is 18.3 Å². The van der Waals surface area contributed by atoms with E-state index >= 15 is 0 Å². The lowest BCUT2D eigenvalue weighted by Gasteiger charge is -2.17. The smallest absolute Gasteiger partial charge is 0.391 e. The summed E-state index contributed by atoms with van der Waals surface area (Å²) in [6.07, 6.45) is -5.34. The molecule has 0 bridgehead atoms. The van der Waals surface area contributed by atoms with Crippen molar-refractivity contribution < 1.29 is 18.3 Å². The Morgan fingerprint density at radius 2 is 1.94 bits per heavy atom. The van der Waals surface area contributed by atoms with Crippen LogP contribution in [0.5, 0.6) is 0 Å². The molecule has 0 unspecified atom stereocenters. The van der Waals surface area contributed by atoms with Crippen molar-refractivity contribution in [1.29, 1.82) is 0 Å². The maximum atomic E-state index is 12.4. The van der Waals surface area contributed by atoms with Gasteiger partial charge in [0, 0.05) is 0 Å². The highest BCUT2D eigenvalue weighted by Crippen LogP contribution is 2.35. The van der Waals surface area contributed by atoms with E-state index in [0.717, 1.165) is 12.1 Å². The highest BCUT2D eigenvalue weighted by molar-refractivity contribution is 6.31. The molecule has 0 fully saturated rings. The van der Waals surface area contributed by atoms with Crippen LogP contribution in [0.2, 0.25) is 5.02 Å². The summed E-state index contributed by atoms with van der Waals surface area (Å²) in [5, 5.41) is 8.79. The Bertz CT molecular complexity index is 379. The molecule has 6 heteroatoms. The van der Waals surface area contributed by atoms with Crippen LogP contribution in [0, 0.1) is 0 Å². The largest absolute Gasteiger partial charge is 0.417 e. The first-order valence-corrected chi connectivity index (χ1v) is 4.91. The van der Waals surface area contributed by atoms with Gasteiger partial charge in [-0.15, -0.1) is 0 Å². The summed E-state index contributed by atoms with van der Waals surface area (Å²) in [6.45, 7) is 1.45. The van der Waals surface area contributed by atoms with Crippen molar-refractivity contribution in [1.82, 2.24) is 0 Å². The first-order chi connectivity index (χ1) is 7.23. The van der Waals surface area contributed by atoms with Gasteiger partial charge in [-0.2, -0.15) is 13.2 Å². The number of alkyl halides is 3. The van der Waals surface area contributed by atoms with Crippen LogP contribution in [-0.4, -0.2) is 11.2 Å². The number of benzene rings is 1. The molecular weight excluding hydrogens is 243 g/mol. The van der Waals surface area contributed by atoms with Crippen LogP contribution >= 0.6 is 11.6 Å². The van der Waals surface area contributed by atoms with Gasteiger partial charge in [0.1, 0.15) is 0 Å². The minimum atomic E-state index is -4.48. The fourth-order valence-corrected chi connectivity index (χ4v) is 1.54. The van der Waals surface area contributed by atoms with Crippen molar-refractivity contribution in [2.75, 3.05) is 0 Å². The Kier molecular flexibility index (Phi) is 3.83. The maximum absolute atomic E-state index is 12.4. The van der Waals surface area contributed by atoms with Crippen LogP contribution < -0.4 is 5.73 Å². The molecule has 0 saturated carbocycles. The van der Waals surface area contributed by atoms with Gasteiger partial charge in [0.25, 0.3) is 0 Å². The van der Waals surface area contributed by atoms with E-state index in [0.29, 0.717) is 5.56 Å². The van der Waals surface area contributed by atoms with Crippen LogP contribution in [0.15, 0.2) is 18.2 Å². The van der Waals surface area contributed by atoms with Crippen LogP contribution in [0.1, 0.15) is 24.1 Å². The lowest BCUT2D eigenvalue weighted by Crippen LogP contribution is -2.23. The van der Waals surface area contributed by atoms with Crippen LogP contribution in [-0.2, 0) is 6.18 Å². The Hall–Kier alpha value is -0.780. The van der Waals surface area contributed by atoms with Gasteiger partial charge in [0.05, 0.1) is 22.7 Å². The average Bonchev–Trinajstić information content (AvgIpc) is 2.14. The zero-order valence-electron chi connectivity index (χ0n) is 8.42. The second kappa shape index (κ2) is 4.61. The Morgan fingerprint density at radius 3 is 2.31 bits per heavy atom. The van der Waals surface area contributed by atoms with Gasteiger partial charge >= 0.3 is 6.18 Å². The average molecular weight is 254 g/mol. The number of aliphatic hydroxyl groups excluding tert-OH is 1. The second-order valence-electron chi connectivity index (χ2n) is 3.50. The van der Waals surface area contributed by atoms with Crippen LogP contribution in [0.3, 0.4) is 0 Å². The first-order valence-electron chi connectivity index (χ1n) is 4.53. The Morgan fingerprint density at radius 1 is 1.38 bits per heavy atom. The van der Waals surface area contributed by atoms with Gasteiger partial charge in [0.2, 0.25) is 0 Å². The summed E-state index contributed by atoms with van der Waals surface area (Å²) >= 11 is 5.51. The van der Waals surface area contributed by atoms with Crippen molar-refractivity contribution in [3.63, 3.8) is 0 Å². The minimum absolute atomic E-state index is 0.369. The molecule has 90 valence electrons. The lowest BCUT2D eigenvalue weighted by molar-refractivity contribution is -0.137. The third kappa shape index (κ3) is 2.87. The third-order valence-corrected chi connectivity index (χ3v) is 2.52. The molecule has 1 aromatic carbocycles. The summed E-state index contributed by atoms with van der Waals surface area (Å²) < 4.78 is 37.1. The fourth-order valence-electron chi connectivity index (χ4n) is 1.25. The fraction of sp³-hybridized carbons (Fsp3) is 0.400. The van der Waals surface area contributed by atoms with Crippen molar-refractivity contribution in [3.05, 3.63) is 34.3 Å². The normalized spacial score (nSPS) is 15.9. The third-order valence-electron chi connectivity index (χ3n) is 2.20. The highest BCUT2D eigenvalue weighted by Gasteiger charge is 2.33. The quantitative estimate of drug-likeness (QED) is 0.851. The van der Waals surface area contributed by atoms with E-state index in [1.807, 2.05) is 0 Å². The van der Waals surface area contributed by atoms with E-state index in [1.54, 1.807) is 0 Å². The van der Waals surface area contributed by atoms with Gasteiger partial charge in [-0.25, -0.2) is 0 Å². The molecule has 0 amide bonds. The van der Waals surface area contributed by atoms with E-state index in [2.05, 4.69) is 0 Å². The van der Waals surface area contributed by atoms with Gasteiger partial charge in [-0.05, 0) is 24.6 Å². The van der Waals surface area contributed by atoms with Crippen molar-refractivity contribution in [2.45, 2.75) is 25.2 Å². The molecule has 0 radical (unpaired) electrons. The van der Waals surface area contributed by atoms with Gasteiger partial charge < -0.3 is 10.8 Å². The molecule has 1 rings (SSSR count). The maximum Gasteiger partial charge on any atom is 0.417 e. The molecule has 0 aliphatic rings. The summed E-state index contributed by atoms with van der Waals surface area (Å²) in [4.78, 5) is 0. The highest BCUT2D eigenvalue weighted by atomic mass is 35.5. The lowest BCUT2D eigenvalue weighted by atomic mass is 10.0. The molecule has 2 nitrogen and oxygen atoms in total. The van der Waals surface area contributed by atoms with E-state index in [-0.39, 0.29) is 0 Å². The molecule has 0 spiro atoms. The zero-order valence-corrected chi connectivity index (χ0v) is 9.18. The molecule has 3 N–H and O–H groups in total. The van der Waals surface area contributed by atoms with E-state index in [4.69, 9.17) is 17.3 Å². The zero-order chi connectivity index (χ0) is 12.5. The molecule has 2 atom stereocenters. The Labute approximate surface area is 95.8 Å². The van der Waals surface area contributed by atoms with Crippen molar-refractivity contribution in [3.8, 4) is 0 Å². The Balaban J connectivity index is 3.09. The number of hydrogen-bond acceptors (Lipinski definition) is 2. The SMILES string of the molecule is C[C@H](O)[C@@H](N)c1ccc(C(F)(F)F)c(Cl)c1. The summed E-state index contributed by atoms with van der Waals surface area (Å²) in [5.74, 6) is 0. The molecule has 1 aromatic rings. The van der Waals surface area contributed by atoms with Gasteiger partial charge in [-0.3, -0.25) is 0 Å². The molecule has 0 heterocycles. The number of aliphatic hydroxyl groups is 1. The molecule has 0 aromatic heterocycles. The molecular formula is C10H11ClF3NO. The molecule has 0 aliphatic carbocycles. The van der Waals surface area contributed by atoms with Crippen LogP contribution in [0.25, 0.3) is 0 Å². The predicted octanol–water partition coefficient (Wildman–Crippen LogP) is 2.74. The predicted molar refractivity (Wildman–Crippen MR) is 55.1 cm³/mol. The topological polar surface area (TPSA) is 46.2 Å². The van der Waals surface area contributed by atoms with E-state index in [1.165, 1.54) is 13.0 Å². The molecule has 0 aliphatic heterocycles. The standard InChI is InChI=1S/C10H11ClF3NO/c1-5(16)9(15)6-2-3-7(8(11)4-6)10(12,13)14/h2-5,9,16H,15H2,1H3/t5-,9+/m0/s1. The van der Waals surface area contributed by atoms with Gasteiger partial charge in [0.15, 0.2) is 0 Å². The minimum Gasteiger partial charge on any atom is -0.391 e. The number of hydrogen-bond donors (Lipinski definition) is 2. The summed E-state index contributed by atoms with van der Waals surface area (Å²) in [7, 11) is 0. The number of halogens is 4. The van der Waals surface area contributed by atoms with Gasteiger partial charge in [-0.1, -0.05) is 17.7 Å². The summed E-state index contributed by atoms with van der Waals surface area (Å²) in [6, 6.07) is 2.45. The number of rotatable bonds is 2. The summed E-state index contributed by atoms with van der Waals surface area (Å²) in [5.41, 5.74) is 5.04. The van der Waals surface area contributed by atoms with Crippen molar-refractivity contribution in [2.24, 2.45) is 5.73 Å². The van der Waals surface area contributed by atoms with E-state index < -0.39 is 28.9 Å². The molecule has 16 heavy (non-hydrogen) atoms.